The minimum absolute atomic E-state index is 0.0533. The van der Waals surface area contributed by atoms with Gasteiger partial charge in [-0.3, -0.25) is 0 Å². The third-order valence-corrected chi connectivity index (χ3v) is 7.16. The molecule has 4 aromatic carbocycles. The van der Waals surface area contributed by atoms with E-state index in [0.29, 0.717) is 40.2 Å². The van der Waals surface area contributed by atoms with Gasteiger partial charge in [-0.05, 0) is 59.7 Å². The monoisotopic (exact) mass is 602 g/mol. The first-order valence-electron chi connectivity index (χ1n) is 12.6. The van der Waals surface area contributed by atoms with Crippen molar-refractivity contribution in [1.29, 1.82) is 5.26 Å². The van der Waals surface area contributed by atoms with Gasteiger partial charge in [0, 0.05) is 16.7 Å². The summed E-state index contributed by atoms with van der Waals surface area (Å²) in [6.45, 7) is 0.313. The van der Waals surface area contributed by atoms with E-state index in [1.54, 1.807) is 54.6 Å². The number of carbonyl (C=O) groups excluding carboxylic acids is 1. The van der Waals surface area contributed by atoms with Gasteiger partial charge in [0.05, 0.1) is 30.7 Å². The van der Waals surface area contributed by atoms with E-state index in [4.69, 9.17) is 52.6 Å². The molecule has 2 N–H and O–H groups in total. The van der Waals surface area contributed by atoms with Crippen LogP contribution in [0.5, 0.6) is 28.7 Å². The molecule has 0 saturated heterocycles. The van der Waals surface area contributed by atoms with Crippen LogP contribution in [-0.4, -0.2) is 20.2 Å². The van der Waals surface area contributed by atoms with Gasteiger partial charge >= 0.3 is 5.97 Å². The van der Waals surface area contributed by atoms with Crippen LogP contribution in [0.15, 0.2) is 90.3 Å². The molecule has 0 fully saturated rings. The lowest BCUT2D eigenvalue weighted by Gasteiger charge is -2.27. The van der Waals surface area contributed by atoms with Gasteiger partial charge < -0.3 is 29.4 Å². The van der Waals surface area contributed by atoms with Crippen LogP contribution in [0.3, 0.4) is 0 Å². The molecule has 1 heterocycles. The molecular formula is C32H24Cl2N2O6. The smallest absolute Gasteiger partial charge is 0.343 e. The fourth-order valence-corrected chi connectivity index (χ4v) is 4.91. The van der Waals surface area contributed by atoms with E-state index in [1.165, 1.54) is 20.3 Å². The molecule has 0 aromatic heterocycles. The summed E-state index contributed by atoms with van der Waals surface area (Å²) >= 11 is 12.1. The van der Waals surface area contributed by atoms with Crippen LogP contribution in [0.25, 0.3) is 0 Å². The van der Waals surface area contributed by atoms with Crippen LogP contribution in [0.2, 0.25) is 10.0 Å². The number of hydrogen-bond donors (Lipinski definition) is 1. The highest BCUT2D eigenvalue weighted by atomic mass is 35.5. The fourth-order valence-electron chi connectivity index (χ4n) is 4.53. The van der Waals surface area contributed by atoms with Gasteiger partial charge in [0.1, 0.15) is 35.5 Å². The van der Waals surface area contributed by atoms with Gasteiger partial charge in [-0.2, -0.15) is 5.26 Å². The number of halogens is 2. The first-order valence-corrected chi connectivity index (χ1v) is 13.4. The van der Waals surface area contributed by atoms with E-state index in [2.05, 4.69) is 6.07 Å². The van der Waals surface area contributed by atoms with Crippen molar-refractivity contribution in [1.82, 2.24) is 0 Å². The molecule has 0 spiro atoms. The second-order valence-electron chi connectivity index (χ2n) is 9.19. The van der Waals surface area contributed by atoms with Crippen LogP contribution < -0.4 is 29.4 Å². The zero-order chi connectivity index (χ0) is 29.8. The van der Waals surface area contributed by atoms with E-state index < -0.39 is 11.9 Å². The van der Waals surface area contributed by atoms with Crippen LogP contribution >= 0.6 is 23.2 Å². The van der Waals surface area contributed by atoms with Crippen LogP contribution in [-0.2, 0) is 6.61 Å². The summed E-state index contributed by atoms with van der Waals surface area (Å²) in [7, 11) is 3.02. The van der Waals surface area contributed by atoms with Gasteiger partial charge in [-0.1, -0.05) is 47.5 Å². The maximum absolute atomic E-state index is 12.8. The van der Waals surface area contributed by atoms with Gasteiger partial charge in [0.25, 0.3) is 0 Å². The van der Waals surface area contributed by atoms with Gasteiger partial charge in [0.15, 0.2) is 11.5 Å². The minimum atomic E-state index is -0.619. The molecule has 0 amide bonds. The van der Waals surface area contributed by atoms with Crippen molar-refractivity contribution in [3.8, 4) is 34.8 Å². The third-order valence-electron chi connectivity index (χ3n) is 6.62. The van der Waals surface area contributed by atoms with Crippen molar-refractivity contribution in [2.75, 3.05) is 14.2 Å². The fraction of sp³-hybridized carbons (Fsp3) is 0.125. The first-order chi connectivity index (χ1) is 20.3. The Balaban J connectivity index is 1.42. The number of nitriles is 1. The van der Waals surface area contributed by atoms with E-state index in [1.807, 2.05) is 18.2 Å². The lowest BCUT2D eigenvalue weighted by Crippen LogP contribution is -2.21. The maximum atomic E-state index is 12.8. The van der Waals surface area contributed by atoms with Gasteiger partial charge in [-0.15, -0.1) is 0 Å². The largest absolute Gasteiger partial charge is 0.495 e. The standard InChI is InChI=1S/C32H24Cl2N2O6/c1-38-26-11-6-20(13-25(26)34)32(37)41-22-9-10-23-28(15-22)42-31(36)24(16-35)30(23)19-5-12-27(29(14-19)39-2)40-17-18-3-7-21(33)8-4-18/h3-15,30H,17,36H2,1-2H3. The Kier molecular flexibility index (Phi) is 8.43. The first kappa shape index (κ1) is 28.7. The van der Waals surface area contributed by atoms with Crippen molar-refractivity contribution in [3.63, 3.8) is 0 Å². The van der Waals surface area contributed by atoms with Gasteiger partial charge in [-0.25, -0.2) is 4.79 Å². The molecule has 1 unspecified atom stereocenters. The number of nitrogens with zero attached hydrogens (tertiary/aromatic N) is 1. The molecule has 42 heavy (non-hydrogen) atoms. The lowest BCUT2D eigenvalue weighted by atomic mass is 9.83. The van der Waals surface area contributed by atoms with E-state index >= 15 is 0 Å². The Morgan fingerprint density at radius 2 is 1.67 bits per heavy atom. The molecule has 4 aromatic rings. The summed E-state index contributed by atoms with van der Waals surface area (Å²) in [6, 6.07) is 24.4. The Hall–Kier alpha value is -4.84. The topological polar surface area (TPSA) is 113 Å². The molecule has 8 nitrogen and oxygen atoms in total. The van der Waals surface area contributed by atoms with E-state index in [0.717, 1.165) is 11.1 Å². The average Bonchev–Trinajstić information content (AvgIpc) is 3.00. The summed E-state index contributed by atoms with van der Waals surface area (Å²) in [5.41, 5.74) is 8.98. The number of ether oxygens (including phenoxy) is 5. The summed E-state index contributed by atoms with van der Waals surface area (Å²) in [4.78, 5) is 12.8. The third kappa shape index (κ3) is 5.93. The molecule has 1 atom stereocenters. The predicted octanol–water partition coefficient (Wildman–Crippen LogP) is 7.03. The quantitative estimate of drug-likeness (QED) is 0.169. The number of esters is 1. The van der Waals surface area contributed by atoms with Crippen molar-refractivity contribution in [2.45, 2.75) is 12.5 Å². The van der Waals surface area contributed by atoms with E-state index in [-0.39, 0.29) is 27.8 Å². The van der Waals surface area contributed by atoms with Crippen LogP contribution in [0.4, 0.5) is 0 Å². The molecular weight excluding hydrogens is 579 g/mol. The van der Waals surface area contributed by atoms with Crippen LogP contribution in [0.1, 0.15) is 33.0 Å². The Morgan fingerprint density at radius 3 is 2.36 bits per heavy atom. The Bertz CT molecular complexity index is 1730. The summed E-state index contributed by atoms with van der Waals surface area (Å²) < 4.78 is 28.1. The Morgan fingerprint density at radius 1 is 0.929 bits per heavy atom. The maximum Gasteiger partial charge on any atom is 0.343 e. The summed E-state index contributed by atoms with van der Waals surface area (Å²) in [5.74, 6) is 0.777. The van der Waals surface area contributed by atoms with Crippen LogP contribution in [0, 0.1) is 11.3 Å². The molecule has 10 heteroatoms. The van der Waals surface area contributed by atoms with Crippen molar-refractivity contribution >= 4 is 29.2 Å². The molecule has 1 aliphatic heterocycles. The number of allylic oxidation sites excluding steroid dienone is 1. The highest BCUT2D eigenvalue weighted by Crippen LogP contribution is 2.45. The molecule has 0 bridgehead atoms. The zero-order valence-corrected chi connectivity index (χ0v) is 24.0. The molecule has 5 rings (SSSR count). The second-order valence-corrected chi connectivity index (χ2v) is 10.0. The van der Waals surface area contributed by atoms with Crippen molar-refractivity contribution < 1.29 is 28.5 Å². The lowest BCUT2D eigenvalue weighted by molar-refractivity contribution is 0.0734. The molecule has 0 saturated carbocycles. The minimum Gasteiger partial charge on any atom is -0.495 e. The van der Waals surface area contributed by atoms with Gasteiger partial charge in [0.2, 0.25) is 5.88 Å². The van der Waals surface area contributed by atoms with Crippen molar-refractivity contribution in [3.05, 3.63) is 123 Å². The summed E-state index contributed by atoms with van der Waals surface area (Å²) in [6.07, 6.45) is 0. The normalized spacial score (nSPS) is 13.8. The second kappa shape index (κ2) is 12.4. The number of carbonyl (C=O) groups is 1. The highest BCUT2D eigenvalue weighted by molar-refractivity contribution is 6.32. The molecule has 0 radical (unpaired) electrons. The number of hydrogen-bond acceptors (Lipinski definition) is 8. The molecule has 1 aliphatic rings. The summed E-state index contributed by atoms with van der Waals surface area (Å²) in [5, 5.41) is 10.9. The highest BCUT2D eigenvalue weighted by Gasteiger charge is 2.32. The van der Waals surface area contributed by atoms with Crippen molar-refractivity contribution in [2.24, 2.45) is 5.73 Å². The number of benzene rings is 4. The van der Waals surface area contributed by atoms with E-state index in [9.17, 15) is 10.1 Å². The number of fused-ring (bicyclic) bond motifs is 1. The molecule has 212 valence electrons. The number of methoxy groups -OCH3 is 2. The number of nitrogens with two attached hydrogens (primary N) is 1. The zero-order valence-electron chi connectivity index (χ0n) is 22.5. The average molecular weight is 603 g/mol. The predicted molar refractivity (Wildman–Crippen MR) is 157 cm³/mol. The number of rotatable bonds is 8. The SMILES string of the molecule is COc1ccc(C(=O)Oc2ccc3c(c2)OC(N)=C(C#N)C3c2ccc(OCc3ccc(Cl)cc3)c(OC)c2)cc1Cl. The Labute approximate surface area is 252 Å². The molecule has 0 aliphatic carbocycles.